The SMILES string of the molecule is COc1ccc(NC(=O)c2ccc(NC(=O)C3CCCN3)cc2)cc1. The van der Waals surface area contributed by atoms with Crippen molar-refractivity contribution in [3.8, 4) is 5.75 Å². The average Bonchev–Trinajstić information content (AvgIpc) is 3.18. The molecule has 6 heteroatoms. The highest BCUT2D eigenvalue weighted by Crippen LogP contribution is 2.17. The van der Waals surface area contributed by atoms with Gasteiger partial charge in [0, 0.05) is 16.9 Å². The van der Waals surface area contributed by atoms with E-state index in [1.54, 1.807) is 55.6 Å². The summed E-state index contributed by atoms with van der Waals surface area (Å²) in [7, 11) is 1.59. The molecule has 2 aromatic carbocycles. The van der Waals surface area contributed by atoms with Crippen molar-refractivity contribution in [3.63, 3.8) is 0 Å². The van der Waals surface area contributed by atoms with Crippen molar-refractivity contribution in [2.24, 2.45) is 0 Å². The van der Waals surface area contributed by atoms with Gasteiger partial charge in [-0.2, -0.15) is 0 Å². The lowest BCUT2D eigenvalue weighted by Crippen LogP contribution is -2.35. The quantitative estimate of drug-likeness (QED) is 0.782. The molecular formula is C19H21N3O3. The van der Waals surface area contributed by atoms with Crippen molar-refractivity contribution >= 4 is 23.2 Å². The van der Waals surface area contributed by atoms with E-state index in [0.29, 0.717) is 16.9 Å². The predicted octanol–water partition coefficient (Wildman–Crippen LogP) is 2.64. The molecule has 1 fully saturated rings. The molecule has 1 aliphatic rings. The summed E-state index contributed by atoms with van der Waals surface area (Å²) in [4.78, 5) is 24.3. The second kappa shape index (κ2) is 7.81. The number of hydrogen-bond acceptors (Lipinski definition) is 4. The van der Waals surface area contributed by atoms with Gasteiger partial charge in [-0.15, -0.1) is 0 Å². The number of benzene rings is 2. The molecule has 3 N–H and O–H groups in total. The fourth-order valence-corrected chi connectivity index (χ4v) is 2.72. The fraction of sp³-hybridized carbons (Fsp3) is 0.263. The molecule has 0 bridgehead atoms. The summed E-state index contributed by atoms with van der Waals surface area (Å²) in [5.74, 6) is 0.489. The lowest BCUT2D eigenvalue weighted by atomic mass is 10.1. The molecule has 25 heavy (non-hydrogen) atoms. The monoisotopic (exact) mass is 339 g/mol. The van der Waals surface area contributed by atoms with Gasteiger partial charge in [0.15, 0.2) is 0 Å². The third-order valence-electron chi connectivity index (χ3n) is 4.14. The maximum atomic E-state index is 12.3. The van der Waals surface area contributed by atoms with Crippen molar-refractivity contribution in [1.29, 1.82) is 0 Å². The van der Waals surface area contributed by atoms with Crippen LogP contribution in [0.3, 0.4) is 0 Å². The van der Waals surface area contributed by atoms with E-state index in [2.05, 4.69) is 16.0 Å². The van der Waals surface area contributed by atoms with Gasteiger partial charge in [-0.25, -0.2) is 0 Å². The molecule has 0 aromatic heterocycles. The summed E-state index contributed by atoms with van der Waals surface area (Å²) in [6.07, 6.45) is 1.87. The first-order valence-corrected chi connectivity index (χ1v) is 8.25. The molecule has 130 valence electrons. The largest absolute Gasteiger partial charge is 0.497 e. The van der Waals surface area contributed by atoms with Crippen LogP contribution in [0.15, 0.2) is 48.5 Å². The highest BCUT2D eigenvalue weighted by molar-refractivity contribution is 6.04. The van der Waals surface area contributed by atoms with Crippen LogP contribution < -0.4 is 20.7 Å². The number of nitrogens with one attached hydrogen (secondary N) is 3. The third-order valence-corrected chi connectivity index (χ3v) is 4.14. The van der Waals surface area contributed by atoms with E-state index in [0.717, 1.165) is 25.1 Å². The molecule has 3 rings (SSSR count). The lowest BCUT2D eigenvalue weighted by Gasteiger charge is -2.11. The Kier molecular flexibility index (Phi) is 5.30. The van der Waals surface area contributed by atoms with Crippen LogP contribution in [0.5, 0.6) is 5.75 Å². The van der Waals surface area contributed by atoms with E-state index in [4.69, 9.17) is 4.74 Å². The van der Waals surface area contributed by atoms with Gasteiger partial charge in [-0.05, 0) is 67.9 Å². The van der Waals surface area contributed by atoms with Crippen LogP contribution in [0.1, 0.15) is 23.2 Å². The smallest absolute Gasteiger partial charge is 0.255 e. The first-order chi connectivity index (χ1) is 12.2. The Morgan fingerprint density at radius 1 is 1.00 bits per heavy atom. The number of rotatable bonds is 5. The van der Waals surface area contributed by atoms with E-state index in [-0.39, 0.29) is 17.9 Å². The number of ether oxygens (including phenoxy) is 1. The van der Waals surface area contributed by atoms with E-state index >= 15 is 0 Å². The van der Waals surface area contributed by atoms with Gasteiger partial charge in [-0.3, -0.25) is 9.59 Å². The molecule has 1 heterocycles. The Morgan fingerprint density at radius 2 is 1.64 bits per heavy atom. The van der Waals surface area contributed by atoms with Gasteiger partial charge in [0.2, 0.25) is 5.91 Å². The van der Waals surface area contributed by atoms with Gasteiger partial charge in [-0.1, -0.05) is 0 Å². The van der Waals surface area contributed by atoms with Crippen LogP contribution in [0.25, 0.3) is 0 Å². The van der Waals surface area contributed by atoms with Crippen molar-refractivity contribution in [3.05, 3.63) is 54.1 Å². The summed E-state index contributed by atoms with van der Waals surface area (Å²) in [5, 5.41) is 8.84. The van der Waals surface area contributed by atoms with E-state index in [9.17, 15) is 9.59 Å². The molecule has 0 aliphatic carbocycles. The molecule has 1 saturated heterocycles. The second-order valence-electron chi connectivity index (χ2n) is 5.90. The van der Waals surface area contributed by atoms with Gasteiger partial charge in [0.1, 0.15) is 5.75 Å². The first-order valence-electron chi connectivity index (χ1n) is 8.25. The normalized spacial score (nSPS) is 16.3. The average molecular weight is 339 g/mol. The highest BCUT2D eigenvalue weighted by Gasteiger charge is 2.21. The van der Waals surface area contributed by atoms with Crippen LogP contribution in [0.4, 0.5) is 11.4 Å². The molecule has 0 saturated carbocycles. The van der Waals surface area contributed by atoms with Gasteiger partial charge >= 0.3 is 0 Å². The zero-order chi connectivity index (χ0) is 17.6. The van der Waals surface area contributed by atoms with Crippen LogP contribution >= 0.6 is 0 Å². The van der Waals surface area contributed by atoms with Crippen LogP contribution in [0.2, 0.25) is 0 Å². The Hall–Kier alpha value is -2.86. The zero-order valence-corrected chi connectivity index (χ0v) is 14.0. The molecule has 0 radical (unpaired) electrons. The highest BCUT2D eigenvalue weighted by atomic mass is 16.5. The Morgan fingerprint density at radius 3 is 2.24 bits per heavy atom. The van der Waals surface area contributed by atoms with Crippen LogP contribution in [0, 0.1) is 0 Å². The van der Waals surface area contributed by atoms with Gasteiger partial charge in [0.05, 0.1) is 13.2 Å². The molecule has 0 spiro atoms. The van der Waals surface area contributed by atoms with Gasteiger partial charge < -0.3 is 20.7 Å². The standard InChI is InChI=1S/C19H21N3O3/c1-25-16-10-8-15(9-11-16)21-18(23)13-4-6-14(7-5-13)22-19(24)17-3-2-12-20-17/h4-11,17,20H,2-3,12H2,1H3,(H,21,23)(H,22,24). The minimum absolute atomic E-state index is 0.0343. The summed E-state index contributed by atoms with van der Waals surface area (Å²) in [5.41, 5.74) is 1.89. The number of hydrogen-bond donors (Lipinski definition) is 3. The number of carbonyl (C=O) groups excluding carboxylic acids is 2. The van der Waals surface area contributed by atoms with Crippen molar-refractivity contribution in [1.82, 2.24) is 5.32 Å². The molecule has 1 aliphatic heterocycles. The van der Waals surface area contributed by atoms with Crippen LogP contribution in [-0.4, -0.2) is 31.5 Å². The van der Waals surface area contributed by atoms with Crippen molar-refractivity contribution in [2.75, 3.05) is 24.3 Å². The first kappa shape index (κ1) is 17.0. The topological polar surface area (TPSA) is 79.5 Å². The number of carbonyl (C=O) groups is 2. The summed E-state index contributed by atoms with van der Waals surface area (Å²) in [6, 6.07) is 13.8. The molecule has 6 nitrogen and oxygen atoms in total. The maximum Gasteiger partial charge on any atom is 0.255 e. The molecule has 2 amide bonds. The fourth-order valence-electron chi connectivity index (χ4n) is 2.72. The molecule has 2 aromatic rings. The Bertz CT molecular complexity index is 736. The predicted molar refractivity (Wildman–Crippen MR) is 97.0 cm³/mol. The maximum absolute atomic E-state index is 12.3. The van der Waals surface area contributed by atoms with Crippen molar-refractivity contribution in [2.45, 2.75) is 18.9 Å². The number of amides is 2. The number of methoxy groups -OCH3 is 1. The summed E-state index contributed by atoms with van der Waals surface area (Å²) >= 11 is 0. The second-order valence-corrected chi connectivity index (χ2v) is 5.90. The summed E-state index contributed by atoms with van der Waals surface area (Å²) in [6.45, 7) is 0.878. The van der Waals surface area contributed by atoms with E-state index in [1.807, 2.05) is 0 Å². The Labute approximate surface area is 146 Å². The van der Waals surface area contributed by atoms with E-state index < -0.39 is 0 Å². The van der Waals surface area contributed by atoms with Crippen LogP contribution in [-0.2, 0) is 4.79 Å². The molecular weight excluding hydrogens is 318 g/mol. The van der Waals surface area contributed by atoms with E-state index in [1.165, 1.54) is 0 Å². The lowest BCUT2D eigenvalue weighted by molar-refractivity contribution is -0.117. The summed E-state index contributed by atoms with van der Waals surface area (Å²) < 4.78 is 5.09. The molecule has 1 atom stereocenters. The zero-order valence-electron chi connectivity index (χ0n) is 14.0. The minimum atomic E-state index is -0.208. The van der Waals surface area contributed by atoms with Gasteiger partial charge in [0.25, 0.3) is 5.91 Å². The van der Waals surface area contributed by atoms with Crippen molar-refractivity contribution < 1.29 is 14.3 Å². The number of anilines is 2. The Balaban J connectivity index is 1.58. The third kappa shape index (κ3) is 4.36. The minimum Gasteiger partial charge on any atom is -0.497 e. The molecule has 1 unspecified atom stereocenters.